The first-order valence-electron chi connectivity index (χ1n) is 9.79. The quantitative estimate of drug-likeness (QED) is 0.442. The minimum atomic E-state index is -1.13. The lowest BCUT2D eigenvalue weighted by molar-refractivity contribution is -0.140. The predicted molar refractivity (Wildman–Crippen MR) is 134 cm³/mol. The van der Waals surface area contributed by atoms with Crippen LogP contribution in [0.15, 0.2) is 75.0 Å². The number of carboxylic acids is 2. The summed E-state index contributed by atoms with van der Waals surface area (Å²) in [5.74, 6) is -2.51. The van der Waals surface area contributed by atoms with Crippen molar-refractivity contribution >= 4 is 74.4 Å². The maximum atomic E-state index is 12.5. The van der Waals surface area contributed by atoms with Crippen molar-refractivity contribution in [1.29, 1.82) is 0 Å². The summed E-state index contributed by atoms with van der Waals surface area (Å²) in [6.45, 7) is 1.16. The number of hydrogen-bond donors (Lipinski definition) is 2. The molecule has 0 radical (unpaired) electrons. The summed E-state index contributed by atoms with van der Waals surface area (Å²) in [5.41, 5.74) is 1.59. The Morgan fingerprint density at radius 3 is 2.45 bits per heavy atom. The molecule has 1 saturated heterocycles. The monoisotopic (exact) mass is 498 g/mol. The molecule has 0 aliphatic carbocycles. The first-order chi connectivity index (χ1) is 15.7. The van der Waals surface area contributed by atoms with Crippen molar-refractivity contribution in [3.05, 3.63) is 70.1 Å². The fourth-order valence-corrected chi connectivity index (χ4v) is 5.98. The molecule has 2 aliphatic rings. The van der Waals surface area contributed by atoms with Crippen LogP contribution in [0, 0.1) is 0 Å². The van der Waals surface area contributed by atoms with Gasteiger partial charge in [-0.15, -0.1) is 0 Å². The van der Waals surface area contributed by atoms with E-state index in [1.54, 1.807) is 17.1 Å². The highest BCUT2D eigenvalue weighted by Crippen LogP contribution is 2.49. The summed E-state index contributed by atoms with van der Waals surface area (Å²) < 4.78 is 0.209. The average molecular weight is 499 g/mol. The molecule has 0 unspecified atom stereocenters. The molecule has 0 bridgehead atoms. The fraction of sp³-hybridized carbons (Fsp3) is 0.130. The van der Waals surface area contributed by atoms with Crippen LogP contribution in [0.4, 0.5) is 5.69 Å². The van der Waals surface area contributed by atoms with E-state index in [9.17, 15) is 19.5 Å². The molecular formula is C23H18N2O5S3. The maximum Gasteiger partial charge on any atom is 0.323 e. The molecule has 33 heavy (non-hydrogen) atoms. The van der Waals surface area contributed by atoms with Gasteiger partial charge in [-0.2, -0.15) is 0 Å². The second-order valence-electron chi connectivity index (χ2n) is 7.29. The smallest absolute Gasteiger partial charge is 0.323 e. The van der Waals surface area contributed by atoms with E-state index in [-0.39, 0.29) is 10.9 Å². The van der Waals surface area contributed by atoms with Crippen molar-refractivity contribution in [3.63, 3.8) is 0 Å². The first kappa shape index (κ1) is 23.1. The molecule has 2 N–H and O–H groups in total. The zero-order valence-electron chi connectivity index (χ0n) is 17.3. The zero-order valence-corrected chi connectivity index (χ0v) is 19.8. The summed E-state index contributed by atoms with van der Waals surface area (Å²) >= 11 is 7.68. The predicted octanol–water partition coefficient (Wildman–Crippen LogP) is 4.45. The van der Waals surface area contributed by atoms with Gasteiger partial charge in [0.05, 0.1) is 15.6 Å². The Bertz CT molecular complexity index is 1300. The molecule has 2 heterocycles. The highest BCUT2D eigenvalue weighted by molar-refractivity contribution is 8.26. The van der Waals surface area contributed by atoms with Gasteiger partial charge in [0, 0.05) is 4.90 Å². The van der Waals surface area contributed by atoms with E-state index < -0.39 is 24.4 Å². The molecule has 4 rings (SSSR count). The third-order valence-electron chi connectivity index (χ3n) is 4.93. The van der Waals surface area contributed by atoms with E-state index in [2.05, 4.69) is 0 Å². The number of nitrogens with zero attached hydrogens (tertiary/aromatic N) is 2. The van der Waals surface area contributed by atoms with Gasteiger partial charge in [-0.25, -0.2) is 0 Å². The third-order valence-corrected chi connectivity index (χ3v) is 7.51. The Morgan fingerprint density at radius 2 is 1.73 bits per heavy atom. The minimum absolute atomic E-state index is 0.176. The van der Waals surface area contributed by atoms with Crippen molar-refractivity contribution in [3.8, 4) is 0 Å². The molecule has 7 nitrogen and oxygen atoms in total. The van der Waals surface area contributed by atoms with Crippen LogP contribution in [0.5, 0.6) is 0 Å². The van der Waals surface area contributed by atoms with Crippen molar-refractivity contribution in [2.24, 2.45) is 0 Å². The van der Waals surface area contributed by atoms with E-state index in [4.69, 9.17) is 17.3 Å². The van der Waals surface area contributed by atoms with Gasteiger partial charge in [0.2, 0.25) is 0 Å². The van der Waals surface area contributed by atoms with Crippen LogP contribution in [0.2, 0.25) is 0 Å². The van der Waals surface area contributed by atoms with Crippen molar-refractivity contribution in [1.82, 2.24) is 4.90 Å². The van der Waals surface area contributed by atoms with Crippen LogP contribution in [0.25, 0.3) is 10.8 Å². The fourth-order valence-electron chi connectivity index (χ4n) is 3.48. The van der Waals surface area contributed by atoms with Crippen molar-refractivity contribution in [2.75, 3.05) is 18.0 Å². The number of anilines is 1. The van der Waals surface area contributed by atoms with E-state index >= 15 is 0 Å². The largest absolute Gasteiger partial charge is 0.480 e. The Balaban J connectivity index is 1.63. The number of carbonyl (C=O) groups is 3. The minimum Gasteiger partial charge on any atom is -0.480 e. The van der Waals surface area contributed by atoms with Gasteiger partial charge in [-0.05, 0) is 41.5 Å². The molecule has 10 heteroatoms. The normalized spacial score (nSPS) is 18.6. The van der Waals surface area contributed by atoms with Crippen LogP contribution in [0.3, 0.4) is 0 Å². The molecule has 0 atom stereocenters. The summed E-state index contributed by atoms with van der Waals surface area (Å²) in [6, 6.07) is 11.9. The number of thioether (sulfide) groups is 2. The van der Waals surface area contributed by atoms with Crippen LogP contribution < -0.4 is 4.90 Å². The van der Waals surface area contributed by atoms with Gasteiger partial charge in [0.15, 0.2) is 0 Å². The number of fused-ring (bicyclic) bond motifs is 3. The van der Waals surface area contributed by atoms with Crippen LogP contribution in [-0.4, -0.2) is 50.4 Å². The average Bonchev–Trinajstić information content (AvgIpc) is 3.24. The lowest BCUT2D eigenvalue weighted by Gasteiger charge is -2.17. The molecule has 2 aromatic rings. The first-order valence-corrected chi connectivity index (χ1v) is 11.8. The van der Waals surface area contributed by atoms with Crippen LogP contribution in [0.1, 0.15) is 6.92 Å². The summed E-state index contributed by atoms with van der Waals surface area (Å²) in [4.78, 5) is 39.1. The summed E-state index contributed by atoms with van der Waals surface area (Å²) in [7, 11) is 0. The van der Waals surface area contributed by atoms with E-state index in [0.29, 0.717) is 4.91 Å². The molecule has 2 aromatic carbocycles. The molecule has 1 fully saturated rings. The second-order valence-corrected chi connectivity index (χ2v) is 10.0. The summed E-state index contributed by atoms with van der Waals surface area (Å²) in [6.07, 6.45) is 5.28. The Labute approximate surface area is 203 Å². The molecule has 0 saturated carbocycles. The van der Waals surface area contributed by atoms with Gasteiger partial charge < -0.3 is 15.1 Å². The van der Waals surface area contributed by atoms with Gasteiger partial charge in [0.1, 0.15) is 17.4 Å². The molecule has 168 valence electrons. The topological polar surface area (TPSA) is 98.2 Å². The molecule has 2 aliphatic heterocycles. The van der Waals surface area contributed by atoms with Gasteiger partial charge in [0.25, 0.3) is 5.91 Å². The molecule has 0 spiro atoms. The number of carboxylic acid groups (broad SMARTS) is 2. The number of carbonyl (C=O) groups excluding carboxylic acids is 1. The SMILES string of the molecule is CC(=C\C=C1/Sc2c(ccc3ccccc23)N1CC(=O)O)/C=C1/SC(=S)N(CC(=O)O)C1=O. The number of allylic oxidation sites excluding steroid dienone is 4. The van der Waals surface area contributed by atoms with E-state index in [1.165, 1.54) is 11.8 Å². The van der Waals surface area contributed by atoms with Crippen LogP contribution in [-0.2, 0) is 14.4 Å². The number of rotatable bonds is 6. The summed E-state index contributed by atoms with van der Waals surface area (Å²) in [5, 5.41) is 21.3. The number of hydrogen-bond acceptors (Lipinski definition) is 7. The standard InChI is InChI=1S/C23H18N2O5S3/c1-13(10-17-22(30)25(12-20(28)29)23(31)32-17)6-9-18-24(11-19(26)27)16-8-7-14-4-2-3-5-15(14)21(16)33-18/h2-10H,11-12H2,1H3,(H,26,27)(H,28,29)/b13-6+,17-10+,18-9-. The Kier molecular flexibility index (Phi) is 6.59. The molecule has 0 aromatic heterocycles. The van der Waals surface area contributed by atoms with Gasteiger partial charge in [-0.3, -0.25) is 19.3 Å². The van der Waals surface area contributed by atoms with Gasteiger partial charge >= 0.3 is 11.9 Å². The highest BCUT2D eigenvalue weighted by Gasteiger charge is 2.33. The van der Waals surface area contributed by atoms with E-state index in [1.807, 2.05) is 49.4 Å². The van der Waals surface area contributed by atoms with E-state index in [0.717, 1.165) is 48.6 Å². The number of amides is 1. The number of thiocarbonyl (C=S) groups is 1. The Morgan fingerprint density at radius 1 is 1.03 bits per heavy atom. The molecular weight excluding hydrogens is 480 g/mol. The van der Waals surface area contributed by atoms with Crippen molar-refractivity contribution < 1.29 is 24.6 Å². The number of aliphatic carboxylic acids is 2. The number of benzene rings is 2. The maximum absolute atomic E-state index is 12.5. The Hall–Kier alpha value is -3.08. The second kappa shape index (κ2) is 9.42. The lowest BCUT2D eigenvalue weighted by Crippen LogP contribution is -2.33. The van der Waals surface area contributed by atoms with Gasteiger partial charge in [-0.1, -0.05) is 72.1 Å². The highest BCUT2D eigenvalue weighted by atomic mass is 32.2. The lowest BCUT2D eigenvalue weighted by atomic mass is 10.1. The zero-order chi connectivity index (χ0) is 23.7. The van der Waals surface area contributed by atoms with Crippen LogP contribution >= 0.6 is 35.7 Å². The van der Waals surface area contributed by atoms with Crippen molar-refractivity contribution in [2.45, 2.75) is 11.8 Å². The third kappa shape index (κ3) is 4.82. The molecule has 1 amide bonds.